The van der Waals surface area contributed by atoms with Crippen LogP contribution in [0.1, 0.15) is 54.4 Å². The van der Waals surface area contributed by atoms with Crippen LogP contribution in [0.4, 0.5) is 0 Å². The second-order valence-electron chi connectivity index (χ2n) is 4.86. The van der Waals surface area contributed by atoms with Gasteiger partial charge >= 0.3 is 5.97 Å². The van der Waals surface area contributed by atoms with Gasteiger partial charge in [-0.25, -0.2) is 9.48 Å². The Kier molecular flexibility index (Phi) is 4.70. The van der Waals surface area contributed by atoms with Gasteiger partial charge in [0.1, 0.15) is 5.69 Å². The fourth-order valence-electron chi connectivity index (χ4n) is 2.45. The molecule has 0 saturated heterocycles. The van der Waals surface area contributed by atoms with Crippen molar-refractivity contribution in [3.8, 4) is 5.69 Å². The summed E-state index contributed by atoms with van der Waals surface area (Å²) in [5, 5.41) is 26.5. The van der Waals surface area contributed by atoms with Crippen molar-refractivity contribution in [2.75, 3.05) is 0 Å². The van der Waals surface area contributed by atoms with E-state index in [1.807, 2.05) is 0 Å². The molecule has 2 N–H and O–H groups in total. The number of aromatic nitrogens is 3. The number of nitrogens with zero attached hydrogens (tertiary/aromatic N) is 3. The number of aliphatic hydroxyl groups is 1. The molecule has 0 bridgehead atoms. The molecular formula is C15H19N3O3. The highest BCUT2D eigenvalue weighted by molar-refractivity contribution is 5.87. The van der Waals surface area contributed by atoms with E-state index in [0.717, 1.165) is 24.2 Å². The summed E-state index contributed by atoms with van der Waals surface area (Å²) in [7, 11) is 0. The molecule has 0 fully saturated rings. The predicted molar refractivity (Wildman–Crippen MR) is 77.6 cm³/mol. The van der Waals surface area contributed by atoms with Gasteiger partial charge in [-0.1, -0.05) is 19.1 Å². The summed E-state index contributed by atoms with van der Waals surface area (Å²) >= 11 is 0. The Morgan fingerprint density at radius 3 is 2.33 bits per heavy atom. The molecule has 0 aliphatic rings. The monoisotopic (exact) mass is 289 g/mol. The number of carbonyl (C=O) groups is 1. The average Bonchev–Trinajstić information content (AvgIpc) is 2.92. The molecule has 0 amide bonds. The van der Waals surface area contributed by atoms with E-state index >= 15 is 0 Å². The minimum atomic E-state index is -0.962. The first kappa shape index (κ1) is 15.2. The number of carboxylic acids is 1. The normalized spacial score (nSPS) is 11.0. The van der Waals surface area contributed by atoms with Crippen molar-refractivity contribution in [3.63, 3.8) is 0 Å². The average molecular weight is 289 g/mol. The zero-order chi connectivity index (χ0) is 15.4. The molecular weight excluding hydrogens is 270 g/mol. The summed E-state index contributed by atoms with van der Waals surface area (Å²) in [5.74, 6) is -0.710. The minimum absolute atomic E-state index is 0.154. The molecule has 1 aromatic heterocycles. The molecule has 112 valence electrons. The van der Waals surface area contributed by atoms with E-state index in [1.54, 1.807) is 16.8 Å². The van der Waals surface area contributed by atoms with Crippen molar-refractivity contribution in [2.24, 2.45) is 0 Å². The molecule has 6 nitrogen and oxygen atoms in total. The SMILES string of the molecule is CCC(CC)c1c(CO)nnn1-c1ccc(C(=O)O)cc1. The molecule has 0 aliphatic heterocycles. The van der Waals surface area contributed by atoms with E-state index in [4.69, 9.17) is 5.11 Å². The van der Waals surface area contributed by atoms with Gasteiger partial charge in [-0.15, -0.1) is 5.10 Å². The topological polar surface area (TPSA) is 88.2 Å². The van der Waals surface area contributed by atoms with Crippen LogP contribution >= 0.6 is 0 Å². The maximum atomic E-state index is 10.9. The largest absolute Gasteiger partial charge is 0.478 e. The Balaban J connectivity index is 2.48. The Labute approximate surface area is 123 Å². The molecule has 6 heteroatoms. The number of rotatable bonds is 6. The lowest BCUT2D eigenvalue weighted by atomic mass is 9.97. The van der Waals surface area contributed by atoms with Gasteiger partial charge in [0.15, 0.2) is 0 Å². The zero-order valence-corrected chi connectivity index (χ0v) is 12.2. The van der Waals surface area contributed by atoms with Gasteiger partial charge in [0.25, 0.3) is 0 Å². The molecule has 21 heavy (non-hydrogen) atoms. The smallest absolute Gasteiger partial charge is 0.335 e. The molecule has 0 aliphatic carbocycles. The lowest BCUT2D eigenvalue weighted by molar-refractivity contribution is 0.0697. The summed E-state index contributed by atoms with van der Waals surface area (Å²) in [6.45, 7) is 4.01. The molecule has 2 aromatic rings. The lowest BCUT2D eigenvalue weighted by Gasteiger charge is -2.15. The number of hydrogen-bond donors (Lipinski definition) is 2. The van der Waals surface area contributed by atoms with E-state index in [-0.39, 0.29) is 18.1 Å². The quantitative estimate of drug-likeness (QED) is 0.852. The van der Waals surface area contributed by atoms with Crippen molar-refractivity contribution in [3.05, 3.63) is 41.2 Å². The van der Waals surface area contributed by atoms with Gasteiger partial charge in [0, 0.05) is 5.92 Å². The van der Waals surface area contributed by atoms with E-state index in [2.05, 4.69) is 24.2 Å². The summed E-state index contributed by atoms with van der Waals surface area (Å²) in [5.41, 5.74) is 2.44. The molecule has 1 heterocycles. The van der Waals surface area contributed by atoms with Gasteiger partial charge in [0.2, 0.25) is 0 Å². The summed E-state index contributed by atoms with van der Waals surface area (Å²) in [6.07, 6.45) is 1.84. The fraction of sp³-hybridized carbons (Fsp3) is 0.400. The van der Waals surface area contributed by atoms with Gasteiger partial charge in [-0.2, -0.15) is 0 Å². The minimum Gasteiger partial charge on any atom is -0.478 e. The van der Waals surface area contributed by atoms with E-state index in [9.17, 15) is 9.90 Å². The number of aliphatic hydroxyl groups excluding tert-OH is 1. The van der Waals surface area contributed by atoms with Crippen molar-refractivity contribution in [2.45, 2.75) is 39.2 Å². The number of carboxylic acid groups (broad SMARTS) is 1. The van der Waals surface area contributed by atoms with Crippen LogP contribution in [0.3, 0.4) is 0 Å². The van der Waals surface area contributed by atoms with Crippen molar-refractivity contribution in [1.82, 2.24) is 15.0 Å². The van der Waals surface area contributed by atoms with Crippen molar-refractivity contribution >= 4 is 5.97 Å². The molecule has 0 atom stereocenters. The van der Waals surface area contributed by atoms with Crippen LogP contribution in [0.15, 0.2) is 24.3 Å². The fourth-order valence-corrected chi connectivity index (χ4v) is 2.45. The summed E-state index contributed by atoms with van der Waals surface area (Å²) in [6, 6.07) is 6.47. The first-order valence-corrected chi connectivity index (χ1v) is 7.01. The zero-order valence-electron chi connectivity index (χ0n) is 12.2. The molecule has 0 radical (unpaired) electrons. The second-order valence-corrected chi connectivity index (χ2v) is 4.86. The highest BCUT2D eigenvalue weighted by Gasteiger charge is 2.20. The maximum Gasteiger partial charge on any atom is 0.335 e. The molecule has 0 spiro atoms. The highest BCUT2D eigenvalue weighted by atomic mass is 16.4. The van der Waals surface area contributed by atoms with Gasteiger partial charge < -0.3 is 10.2 Å². The van der Waals surface area contributed by atoms with E-state index in [1.165, 1.54) is 12.1 Å². The molecule has 1 aromatic carbocycles. The standard InChI is InChI=1S/C15H19N3O3/c1-3-10(4-2)14-13(9-19)16-17-18(14)12-7-5-11(6-8-12)15(20)21/h5-8,10,19H,3-4,9H2,1-2H3,(H,20,21). The third-order valence-electron chi connectivity index (χ3n) is 3.66. The lowest BCUT2D eigenvalue weighted by Crippen LogP contribution is -2.09. The van der Waals surface area contributed by atoms with Crippen LogP contribution in [0, 0.1) is 0 Å². The number of aromatic carboxylic acids is 1. The maximum absolute atomic E-state index is 10.9. The van der Waals surface area contributed by atoms with E-state index < -0.39 is 5.97 Å². The Hall–Kier alpha value is -2.21. The Morgan fingerprint density at radius 1 is 1.24 bits per heavy atom. The summed E-state index contributed by atoms with van der Waals surface area (Å²) in [4.78, 5) is 10.9. The molecule has 0 saturated carbocycles. The Bertz CT molecular complexity index is 616. The number of hydrogen-bond acceptors (Lipinski definition) is 4. The van der Waals surface area contributed by atoms with Gasteiger partial charge in [0.05, 0.1) is 23.6 Å². The second kappa shape index (κ2) is 6.49. The van der Waals surface area contributed by atoms with E-state index in [0.29, 0.717) is 5.69 Å². The van der Waals surface area contributed by atoms with Crippen LogP contribution in [-0.2, 0) is 6.61 Å². The third kappa shape index (κ3) is 2.95. The summed E-state index contributed by atoms with van der Waals surface area (Å²) < 4.78 is 1.69. The molecule has 0 unspecified atom stereocenters. The van der Waals surface area contributed by atoms with Crippen molar-refractivity contribution in [1.29, 1.82) is 0 Å². The van der Waals surface area contributed by atoms with Gasteiger partial charge in [-0.05, 0) is 37.1 Å². The van der Waals surface area contributed by atoms with Crippen LogP contribution in [-0.4, -0.2) is 31.2 Å². The third-order valence-corrected chi connectivity index (χ3v) is 3.66. The van der Waals surface area contributed by atoms with Crippen LogP contribution in [0.2, 0.25) is 0 Å². The first-order valence-electron chi connectivity index (χ1n) is 7.01. The van der Waals surface area contributed by atoms with Gasteiger partial charge in [-0.3, -0.25) is 0 Å². The van der Waals surface area contributed by atoms with Crippen LogP contribution in [0.5, 0.6) is 0 Å². The highest BCUT2D eigenvalue weighted by Crippen LogP contribution is 2.27. The van der Waals surface area contributed by atoms with Crippen LogP contribution in [0.25, 0.3) is 5.69 Å². The van der Waals surface area contributed by atoms with Crippen LogP contribution < -0.4 is 0 Å². The predicted octanol–water partition coefficient (Wildman–Crippen LogP) is 2.36. The first-order chi connectivity index (χ1) is 10.1. The Morgan fingerprint density at radius 2 is 1.86 bits per heavy atom. The van der Waals surface area contributed by atoms with Crippen molar-refractivity contribution < 1.29 is 15.0 Å². The number of benzene rings is 1. The molecule has 2 rings (SSSR count).